The van der Waals surface area contributed by atoms with E-state index < -0.39 is 11.6 Å². The van der Waals surface area contributed by atoms with Gasteiger partial charge in [-0.1, -0.05) is 13.8 Å². The fraction of sp³-hybridized carbons (Fsp3) is 0.500. The molecule has 1 fully saturated rings. The Kier molecular flexibility index (Phi) is 4.58. The molecule has 0 aliphatic carbocycles. The summed E-state index contributed by atoms with van der Waals surface area (Å²) in [6.45, 7) is 6.24. The summed E-state index contributed by atoms with van der Waals surface area (Å²) in [4.78, 5) is 14.1. The van der Waals surface area contributed by atoms with E-state index in [-0.39, 0.29) is 17.9 Å². The maximum absolute atomic E-state index is 13.1. The molecule has 2 unspecified atom stereocenters. The van der Waals surface area contributed by atoms with Crippen molar-refractivity contribution in [3.05, 3.63) is 35.4 Å². The van der Waals surface area contributed by atoms with Crippen LogP contribution in [0.4, 0.5) is 8.78 Å². The van der Waals surface area contributed by atoms with Crippen molar-refractivity contribution in [2.24, 2.45) is 0 Å². The average Bonchev–Trinajstić information content (AvgIpc) is 2.31. The Bertz CT molecular complexity index is 471. The molecule has 0 spiro atoms. The Morgan fingerprint density at radius 1 is 1.26 bits per heavy atom. The highest BCUT2D eigenvalue weighted by molar-refractivity contribution is 8.00. The molecular weight excluding hydrogens is 268 g/mol. The fourth-order valence-electron chi connectivity index (χ4n) is 2.38. The Labute approximate surface area is 116 Å². The first-order valence-corrected chi connectivity index (χ1v) is 7.26. The number of carbonyl (C=O) groups excluding carboxylic acids is 1. The van der Waals surface area contributed by atoms with Gasteiger partial charge in [-0.15, -0.1) is 0 Å². The molecule has 2 rings (SSSR count). The van der Waals surface area contributed by atoms with Gasteiger partial charge >= 0.3 is 0 Å². The number of hydrogen-bond donors (Lipinski definition) is 0. The number of thioether (sulfide) groups is 1. The summed E-state index contributed by atoms with van der Waals surface area (Å²) in [6.07, 6.45) is 0. The second-order valence-electron chi connectivity index (χ2n) is 5.00. The van der Waals surface area contributed by atoms with Crippen LogP contribution in [0.5, 0.6) is 0 Å². The summed E-state index contributed by atoms with van der Waals surface area (Å²) in [5, 5.41) is 0.975. The Morgan fingerprint density at radius 2 is 1.89 bits per heavy atom. The maximum atomic E-state index is 13.1. The van der Waals surface area contributed by atoms with Crippen LogP contribution >= 0.6 is 11.8 Å². The van der Waals surface area contributed by atoms with Crippen LogP contribution in [0, 0.1) is 11.6 Å². The quantitative estimate of drug-likeness (QED) is 0.796. The third-order valence-corrected chi connectivity index (χ3v) is 4.33. The molecule has 2 nitrogen and oxygen atoms in total. The summed E-state index contributed by atoms with van der Waals surface area (Å²) in [5.41, 5.74) is 0.234. The number of Topliss-reactive ketones (excluding diaryl/α,β-unsaturated/α-hetero) is 1. The van der Waals surface area contributed by atoms with Gasteiger partial charge in [-0.25, -0.2) is 8.78 Å². The molecule has 104 valence electrons. The molecule has 19 heavy (non-hydrogen) atoms. The SMILES string of the molecule is CC1CN(CC(=O)c2ccc(F)c(F)c2)CC(C)S1. The molecule has 0 bridgehead atoms. The van der Waals surface area contributed by atoms with Gasteiger partial charge in [0.05, 0.1) is 6.54 Å². The molecule has 1 saturated heterocycles. The molecule has 1 heterocycles. The number of rotatable bonds is 3. The molecule has 0 radical (unpaired) electrons. The molecule has 0 saturated carbocycles. The maximum Gasteiger partial charge on any atom is 0.176 e. The van der Waals surface area contributed by atoms with E-state index >= 15 is 0 Å². The number of ketones is 1. The minimum atomic E-state index is -0.971. The molecule has 1 aromatic carbocycles. The highest BCUT2D eigenvalue weighted by atomic mass is 32.2. The lowest BCUT2D eigenvalue weighted by Gasteiger charge is -2.34. The zero-order valence-electron chi connectivity index (χ0n) is 11.0. The lowest BCUT2D eigenvalue weighted by molar-refractivity contribution is 0.0929. The minimum absolute atomic E-state index is 0.162. The van der Waals surface area contributed by atoms with Gasteiger partial charge < -0.3 is 0 Å². The summed E-state index contributed by atoms with van der Waals surface area (Å²) in [5.74, 6) is -2.06. The monoisotopic (exact) mass is 285 g/mol. The molecule has 0 N–H and O–H groups in total. The first-order valence-electron chi connectivity index (χ1n) is 6.31. The predicted molar refractivity (Wildman–Crippen MR) is 73.6 cm³/mol. The Morgan fingerprint density at radius 3 is 2.47 bits per heavy atom. The van der Waals surface area contributed by atoms with E-state index in [0.29, 0.717) is 10.5 Å². The second-order valence-corrected chi connectivity index (χ2v) is 6.89. The van der Waals surface area contributed by atoms with E-state index in [4.69, 9.17) is 0 Å². The Balaban J connectivity index is 2.02. The van der Waals surface area contributed by atoms with Crippen molar-refractivity contribution in [2.45, 2.75) is 24.3 Å². The van der Waals surface area contributed by atoms with E-state index in [0.717, 1.165) is 25.2 Å². The van der Waals surface area contributed by atoms with Crippen molar-refractivity contribution in [1.29, 1.82) is 0 Å². The van der Waals surface area contributed by atoms with Crippen LogP contribution in [0.15, 0.2) is 18.2 Å². The molecule has 1 aliphatic heterocycles. The van der Waals surface area contributed by atoms with Crippen molar-refractivity contribution in [1.82, 2.24) is 4.90 Å². The van der Waals surface area contributed by atoms with Gasteiger partial charge in [-0.05, 0) is 18.2 Å². The summed E-state index contributed by atoms with van der Waals surface area (Å²) < 4.78 is 25.9. The van der Waals surface area contributed by atoms with Gasteiger partial charge in [0.2, 0.25) is 0 Å². The summed E-state index contributed by atoms with van der Waals surface area (Å²) >= 11 is 1.91. The van der Waals surface area contributed by atoms with E-state index in [1.807, 2.05) is 11.8 Å². The van der Waals surface area contributed by atoms with Gasteiger partial charge in [0.25, 0.3) is 0 Å². The number of carbonyl (C=O) groups is 1. The topological polar surface area (TPSA) is 20.3 Å². The van der Waals surface area contributed by atoms with Gasteiger partial charge in [0, 0.05) is 29.2 Å². The Hall–Kier alpha value is -0.940. The average molecular weight is 285 g/mol. The van der Waals surface area contributed by atoms with Crippen LogP contribution in [-0.2, 0) is 0 Å². The summed E-state index contributed by atoms with van der Waals surface area (Å²) in [7, 11) is 0. The first-order chi connectivity index (χ1) is 8.95. The van der Waals surface area contributed by atoms with Gasteiger partial charge in [-0.3, -0.25) is 9.69 Å². The van der Waals surface area contributed by atoms with Crippen LogP contribution in [0.1, 0.15) is 24.2 Å². The number of benzene rings is 1. The van der Waals surface area contributed by atoms with Gasteiger partial charge in [0.15, 0.2) is 17.4 Å². The molecular formula is C14H17F2NOS. The fourth-order valence-corrected chi connectivity index (χ4v) is 3.76. The molecule has 2 atom stereocenters. The van der Waals surface area contributed by atoms with E-state index in [9.17, 15) is 13.6 Å². The summed E-state index contributed by atoms with van der Waals surface area (Å²) in [6, 6.07) is 3.31. The van der Waals surface area contributed by atoms with E-state index in [1.165, 1.54) is 6.07 Å². The van der Waals surface area contributed by atoms with Crippen LogP contribution in [0.25, 0.3) is 0 Å². The van der Waals surface area contributed by atoms with Gasteiger partial charge in [0.1, 0.15) is 0 Å². The largest absolute Gasteiger partial charge is 0.294 e. The van der Waals surface area contributed by atoms with Crippen molar-refractivity contribution in [2.75, 3.05) is 19.6 Å². The molecule has 1 aliphatic rings. The third-order valence-electron chi connectivity index (χ3n) is 3.10. The molecule has 0 amide bonds. The van der Waals surface area contributed by atoms with Gasteiger partial charge in [-0.2, -0.15) is 11.8 Å². The lowest BCUT2D eigenvalue weighted by Crippen LogP contribution is -2.42. The van der Waals surface area contributed by atoms with Crippen molar-refractivity contribution in [3.63, 3.8) is 0 Å². The standard InChI is InChI=1S/C14H17F2NOS/c1-9-6-17(7-10(2)19-9)8-14(18)11-3-4-12(15)13(16)5-11/h3-5,9-10H,6-8H2,1-2H3. The van der Waals surface area contributed by atoms with E-state index in [2.05, 4.69) is 18.7 Å². The van der Waals surface area contributed by atoms with Crippen LogP contribution in [0.3, 0.4) is 0 Å². The zero-order chi connectivity index (χ0) is 14.0. The number of hydrogen-bond acceptors (Lipinski definition) is 3. The van der Waals surface area contributed by atoms with Crippen LogP contribution in [0.2, 0.25) is 0 Å². The highest BCUT2D eigenvalue weighted by Gasteiger charge is 2.24. The van der Waals surface area contributed by atoms with Crippen LogP contribution < -0.4 is 0 Å². The smallest absolute Gasteiger partial charge is 0.176 e. The first kappa shape index (κ1) is 14.5. The van der Waals surface area contributed by atoms with Crippen molar-refractivity contribution in [3.8, 4) is 0 Å². The normalized spacial score (nSPS) is 24.4. The zero-order valence-corrected chi connectivity index (χ0v) is 11.8. The third kappa shape index (κ3) is 3.76. The van der Waals surface area contributed by atoms with Crippen LogP contribution in [-0.4, -0.2) is 40.8 Å². The number of halogens is 2. The lowest BCUT2D eigenvalue weighted by atomic mass is 10.1. The molecule has 0 aromatic heterocycles. The van der Waals surface area contributed by atoms with Crippen molar-refractivity contribution < 1.29 is 13.6 Å². The predicted octanol–water partition coefficient (Wildman–Crippen LogP) is 2.97. The number of nitrogens with zero attached hydrogens (tertiary/aromatic N) is 1. The molecule has 5 heteroatoms. The molecule has 1 aromatic rings. The minimum Gasteiger partial charge on any atom is -0.294 e. The second kappa shape index (κ2) is 6.01. The van der Waals surface area contributed by atoms with Crippen molar-refractivity contribution >= 4 is 17.5 Å². The van der Waals surface area contributed by atoms with E-state index in [1.54, 1.807) is 0 Å². The highest BCUT2D eigenvalue weighted by Crippen LogP contribution is 2.24.